The fourth-order valence-electron chi connectivity index (χ4n) is 1.70. The van der Waals surface area contributed by atoms with Gasteiger partial charge in [0.15, 0.2) is 0 Å². The van der Waals surface area contributed by atoms with Crippen LogP contribution < -0.4 is 10.6 Å². The molecule has 1 rings (SSSR count). The second kappa shape index (κ2) is 5.01. The first-order chi connectivity index (χ1) is 7.37. The molecule has 1 heterocycles. The summed E-state index contributed by atoms with van der Waals surface area (Å²) in [6, 6.07) is -0.233. The minimum Gasteiger partial charge on any atom is -0.394 e. The van der Waals surface area contributed by atoms with Gasteiger partial charge in [-0.3, -0.25) is 0 Å². The van der Waals surface area contributed by atoms with Gasteiger partial charge in [-0.2, -0.15) is 0 Å². The van der Waals surface area contributed by atoms with E-state index in [9.17, 15) is 9.90 Å². The zero-order valence-corrected chi connectivity index (χ0v) is 10.3. The molecule has 1 fully saturated rings. The van der Waals surface area contributed by atoms with Gasteiger partial charge in [0.1, 0.15) is 0 Å². The summed E-state index contributed by atoms with van der Waals surface area (Å²) in [5.41, 5.74) is -0.792. The predicted octanol–water partition coefficient (Wildman–Crippen LogP) is 0.626. The summed E-state index contributed by atoms with van der Waals surface area (Å²) in [7, 11) is 0. The lowest BCUT2D eigenvalue weighted by Crippen LogP contribution is -2.59. The van der Waals surface area contributed by atoms with Gasteiger partial charge in [0.25, 0.3) is 0 Å². The fraction of sp³-hybridized carbons (Fsp3) is 0.909. The maximum atomic E-state index is 11.7. The molecule has 94 valence electrons. The fourth-order valence-corrected chi connectivity index (χ4v) is 1.70. The Hall–Kier alpha value is -0.810. The van der Waals surface area contributed by atoms with Crippen LogP contribution in [0, 0.1) is 0 Å². The molecule has 3 N–H and O–H groups in total. The Bertz CT molecular complexity index is 242. The molecule has 0 spiro atoms. The van der Waals surface area contributed by atoms with Crippen LogP contribution >= 0.6 is 0 Å². The molecule has 0 saturated carbocycles. The molecule has 16 heavy (non-hydrogen) atoms. The van der Waals surface area contributed by atoms with Crippen molar-refractivity contribution in [3.05, 3.63) is 0 Å². The standard InChI is InChI=1S/C11H22N2O3/c1-10(2,3)12-9(15)13-11(8-14)4-6-16-7-5-11/h14H,4-8H2,1-3H3,(H2,12,13,15). The Morgan fingerprint density at radius 1 is 1.38 bits per heavy atom. The number of nitrogens with one attached hydrogen (secondary N) is 2. The van der Waals surface area contributed by atoms with Crippen LogP contribution in [0.1, 0.15) is 33.6 Å². The topological polar surface area (TPSA) is 70.6 Å². The summed E-state index contributed by atoms with van der Waals surface area (Å²) in [6.07, 6.45) is 1.31. The molecule has 1 saturated heterocycles. The Morgan fingerprint density at radius 2 is 1.94 bits per heavy atom. The largest absolute Gasteiger partial charge is 0.394 e. The second-order valence-electron chi connectivity index (χ2n) is 5.38. The van der Waals surface area contributed by atoms with Crippen molar-refractivity contribution in [2.24, 2.45) is 0 Å². The molecule has 0 bridgehead atoms. The van der Waals surface area contributed by atoms with E-state index >= 15 is 0 Å². The highest BCUT2D eigenvalue weighted by atomic mass is 16.5. The molecule has 0 aromatic carbocycles. The van der Waals surface area contributed by atoms with Crippen molar-refractivity contribution in [1.29, 1.82) is 0 Å². The highest BCUT2D eigenvalue weighted by Crippen LogP contribution is 2.19. The third-order valence-corrected chi connectivity index (χ3v) is 2.62. The molecule has 0 unspecified atom stereocenters. The average molecular weight is 230 g/mol. The second-order valence-corrected chi connectivity index (χ2v) is 5.38. The monoisotopic (exact) mass is 230 g/mol. The number of carbonyl (C=O) groups excluding carboxylic acids is 1. The zero-order valence-electron chi connectivity index (χ0n) is 10.3. The lowest BCUT2D eigenvalue weighted by molar-refractivity contribution is 0.0168. The number of hydrogen-bond donors (Lipinski definition) is 3. The van der Waals surface area contributed by atoms with Gasteiger partial charge in [0.05, 0.1) is 12.1 Å². The number of urea groups is 1. The summed E-state index contributed by atoms with van der Waals surface area (Å²) in [5, 5.41) is 15.1. The van der Waals surface area contributed by atoms with Crippen LogP contribution in [0.25, 0.3) is 0 Å². The molecule has 0 aromatic rings. The zero-order chi connectivity index (χ0) is 12.2. The van der Waals surface area contributed by atoms with Crippen LogP contribution in [-0.2, 0) is 4.74 Å². The van der Waals surface area contributed by atoms with E-state index in [0.717, 1.165) is 0 Å². The average Bonchev–Trinajstić information content (AvgIpc) is 2.16. The molecule has 5 nitrogen and oxygen atoms in total. The van der Waals surface area contributed by atoms with Gasteiger partial charge < -0.3 is 20.5 Å². The number of ether oxygens (including phenoxy) is 1. The van der Waals surface area contributed by atoms with Crippen LogP contribution in [-0.4, -0.2) is 42.0 Å². The number of aliphatic hydroxyl groups is 1. The van der Waals surface area contributed by atoms with Gasteiger partial charge in [0.2, 0.25) is 0 Å². The van der Waals surface area contributed by atoms with Crippen molar-refractivity contribution < 1.29 is 14.6 Å². The Morgan fingerprint density at radius 3 is 2.38 bits per heavy atom. The minimum absolute atomic E-state index is 0.0477. The normalized spacial score (nSPS) is 20.2. The molecule has 1 aliphatic rings. The van der Waals surface area contributed by atoms with Gasteiger partial charge in [-0.15, -0.1) is 0 Å². The lowest BCUT2D eigenvalue weighted by Gasteiger charge is -2.37. The summed E-state index contributed by atoms with van der Waals surface area (Å²) in [5.74, 6) is 0. The third kappa shape index (κ3) is 3.98. The highest BCUT2D eigenvalue weighted by molar-refractivity contribution is 5.75. The van der Waals surface area contributed by atoms with E-state index in [0.29, 0.717) is 26.1 Å². The Labute approximate surface area is 96.6 Å². The van der Waals surface area contributed by atoms with Crippen molar-refractivity contribution in [2.75, 3.05) is 19.8 Å². The first-order valence-corrected chi connectivity index (χ1v) is 5.66. The van der Waals surface area contributed by atoms with Crippen molar-refractivity contribution in [1.82, 2.24) is 10.6 Å². The van der Waals surface area contributed by atoms with Gasteiger partial charge >= 0.3 is 6.03 Å². The first kappa shape index (κ1) is 13.3. The lowest BCUT2D eigenvalue weighted by atomic mass is 9.91. The molecular weight excluding hydrogens is 208 g/mol. The molecule has 5 heteroatoms. The predicted molar refractivity (Wildman–Crippen MR) is 61.3 cm³/mol. The highest BCUT2D eigenvalue weighted by Gasteiger charge is 2.34. The molecule has 0 atom stereocenters. The van der Waals surface area contributed by atoms with E-state index in [1.54, 1.807) is 0 Å². The van der Waals surface area contributed by atoms with Crippen molar-refractivity contribution in [3.63, 3.8) is 0 Å². The van der Waals surface area contributed by atoms with Gasteiger partial charge in [-0.05, 0) is 33.6 Å². The van der Waals surface area contributed by atoms with Gasteiger partial charge in [0, 0.05) is 18.8 Å². The van der Waals surface area contributed by atoms with Crippen LogP contribution in [0.15, 0.2) is 0 Å². The van der Waals surface area contributed by atoms with E-state index in [1.807, 2.05) is 20.8 Å². The summed E-state index contributed by atoms with van der Waals surface area (Å²) in [4.78, 5) is 11.7. The van der Waals surface area contributed by atoms with E-state index < -0.39 is 5.54 Å². The van der Waals surface area contributed by atoms with Crippen molar-refractivity contribution in [2.45, 2.75) is 44.7 Å². The van der Waals surface area contributed by atoms with Crippen LogP contribution in [0.3, 0.4) is 0 Å². The SMILES string of the molecule is CC(C)(C)NC(=O)NC1(CO)CCOCC1. The number of carbonyl (C=O) groups is 1. The number of rotatable bonds is 2. The van der Waals surface area contributed by atoms with Crippen LogP contribution in [0.2, 0.25) is 0 Å². The molecule has 0 aromatic heterocycles. The number of aliphatic hydroxyl groups excluding tert-OH is 1. The van der Waals surface area contributed by atoms with Gasteiger partial charge in [-0.1, -0.05) is 0 Å². The Balaban J connectivity index is 2.52. The van der Waals surface area contributed by atoms with Crippen LogP contribution in [0.4, 0.5) is 4.79 Å². The van der Waals surface area contributed by atoms with E-state index in [1.165, 1.54) is 0 Å². The third-order valence-electron chi connectivity index (χ3n) is 2.62. The molecule has 0 aliphatic carbocycles. The molecule has 2 amide bonds. The van der Waals surface area contributed by atoms with Crippen LogP contribution in [0.5, 0.6) is 0 Å². The molecule has 1 aliphatic heterocycles. The quantitative estimate of drug-likeness (QED) is 0.651. The van der Waals surface area contributed by atoms with Gasteiger partial charge in [-0.25, -0.2) is 4.79 Å². The summed E-state index contributed by atoms with van der Waals surface area (Å²) < 4.78 is 5.23. The van der Waals surface area contributed by atoms with E-state index in [2.05, 4.69) is 10.6 Å². The number of hydrogen-bond acceptors (Lipinski definition) is 3. The number of amides is 2. The van der Waals surface area contributed by atoms with E-state index in [4.69, 9.17) is 4.74 Å². The smallest absolute Gasteiger partial charge is 0.315 e. The minimum atomic E-state index is -0.520. The summed E-state index contributed by atoms with van der Waals surface area (Å²) >= 11 is 0. The maximum absolute atomic E-state index is 11.7. The van der Waals surface area contributed by atoms with Crippen molar-refractivity contribution >= 4 is 6.03 Å². The van der Waals surface area contributed by atoms with E-state index in [-0.39, 0.29) is 18.2 Å². The molecule has 0 radical (unpaired) electrons. The summed E-state index contributed by atoms with van der Waals surface area (Å²) in [6.45, 7) is 6.87. The first-order valence-electron chi connectivity index (χ1n) is 5.66. The Kier molecular flexibility index (Phi) is 4.15. The maximum Gasteiger partial charge on any atom is 0.315 e. The molecular formula is C11H22N2O3. The van der Waals surface area contributed by atoms with Crippen molar-refractivity contribution in [3.8, 4) is 0 Å².